The summed E-state index contributed by atoms with van der Waals surface area (Å²) < 4.78 is 0. The van der Waals surface area contributed by atoms with Crippen molar-refractivity contribution in [2.24, 2.45) is 0 Å². The number of unbranched alkanes of at least 4 members (excludes halogenated alkanes) is 4. The van der Waals surface area contributed by atoms with E-state index in [1.807, 2.05) is 7.05 Å². The van der Waals surface area contributed by atoms with Crippen LogP contribution in [0, 0.1) is 6.92 Å². The number of benzene rings is 2. The van der Waals surface area contributed by atoms with Gasteiger partial charge in [-0.2, -0.15) is 0 Å². The van der Waals surface area contributed by atoms with Crippen LogP contribution in [0.4, 0.5) is 5.69 Å². The number of nitrogens with one attached hydrogen (secondary N) is 2. The molecule has 2 N–H and O–H groups in total. The number of rotatable bonds is 10. The average molecular weight is 357 g/mol. The Hall–Kier alpha value is -1.45. The van der Waals surface area contributed by atoms with Crippen molar-refractivity contribution in [2.45, 2.75) is 56.9 Å². The van der Waals surface area contributed by atoms with Gasteiger partial charge in [0.2, 0.25) is 0 Å². The quantitative estimate of drug-likeness (QED) is 0.360. The lowest BCUT2D eigenvalue weighted by Crippen LogP contribution is -2.25. The number of thiol groups is 1. The summed E-state index contributed by atoms with van der Waals surface area (Å²) in [5, 5.41) is 7.11. The minimum Gasteiger partial charge on any atom is -0.388 e. The molecule has 0 aromatic heterocycles. The van der Waals surface area contributed by atoms with Crippen LogP contribution in [0.2, 0.25) is 0 Å². The van der Waals surface area contributed by atoms with Crippen LogP contribution in [0.25, 0.3) is 0 Å². The zero-order valence-corrected chi connectivity index (χ0v) is 16.7. The molecule has 0 radical (unpaired) electrons. The molecule has 0 saturated carbocycles. The van der Waals surface area contributed by atoms with E-state index in [1.165, 1.54) is 54.5 Å². The molecule has 0 saturated heterocycles. The second-order valence-corrected chi connectivity index (χ2v) is 7.18. The van der Waals surface area contributed by atoms with E-state index in [9.17, 15) is 0 Å². The van der Waals surface area contributed by atoms with Crippen LogP contribution in [-0.2, 0) is 0 Å². The number of aryl methyl sites for hydroxylation is 1. The Kier molecular flexibility index (Phi) is 8.36. The fraction of sp³-hybridized carbons (Fsp3) is 0.455. The van der Waals surface area contributed by atoms with Crippen molar-refractivity contribution in [3.05, 3.63) is 59.2 Å². The second-order valence-electron chi connectivity index (χ2n) is 6.70. The lowest BCUT2D eigenvalue weighted by molar-refractivity contribution is 0.545. The van der Waals surface area contributed by atoms with Crippen molar-refractivity contribution in [3.8, 4) is 0 Å². The number of hydrogen-bond acceptors (Lipinski definition) is 3. The molecule has 0 amide bonds. The van der Waals surface area contributed by atoms with Gasteiger partial charge in [0.05, 0.1) is 6.04 Å². The molecule has 2 rings (SSSR count). The molecular weight excluding hydrogens is 324 g/mol. The van der Waals surface area contributed by atoms with Crippen LogP contribution in [0.1, 0.15) is 61.8 Å². The summed E-state index contributed by atoms with van der Waals surface area (Å²) in [7, 11) is 1.98. The SMILES string of the molecule is CCCCCCCNC(c1ccc(C)cc1S)c1ccccc1NC. The Balaban J connectivity index is 2.19. The van der Waals surface area contributed by atoms with Gasteiger partial charge in [-0.15, -0.1) is 12.6 Å². The van der Waals surface area contributed by atoms with Crippen LogP contribution in [0.5, 0.6) is 0 Å². The first-order valence-corrected chi connectivity index (χ1v) is 9.91. The van der Waals surface area contributed by atoms with Crippen LogP contribution in [-0.4, -0.2) is 13.6 Å². The standard InChI is InChI=1S/C22H32N2S/c1-4-5-6-7-10-15-24-22(18-11-8-9-12-20(18)23-3)19-14-13-17(2)16-21(19)25/h8-9,11-14,16,22-25H,4-7,10,15H2,1-3H3. The normalized spacial score (nSPS) is 12.2. The average Bonchev–Trinajstić information content (AvgIpc) is 2.62. The number of para-hydroxylation sites is 1. The third kappa shape index (κ3) is 5.79. The zero-order valence-electron chi connectivity index (χ0n) is 15.8. The van der Waals surface area contributed by atoms with E-state index < -0.39 is 0 Å². The number of hydrogen-bond donors (Lipinski definition) is 3. The molecule has 136 valence electrons. The van der Waals surface area contributed by atoms with Gasteiger partial charge < -0.3 is 10.6 Å². The van der Waals surface area contributed by atoms with Gasteiger partial charge in [-0.05, 0) is 43.1 Å². The molecule has 2 aromatic carbocycles. The van der Waals surface area contributed by atoms with Gasteiger partial charge in [-0.1, -0.05) is 68.5 Å². The summed E-state index contributed by atoms with van der Waals surface area (Å²) in [6, 6.07) is 15.2. The summed E-state index contributed by atoms with van der Waals surface area (Å²) in [6.45, 7) is 5.39. The molecule has 0 aliphatic heterocycles. The van der Waals surface area contributed by atoms with Crippen LogP contribution < -0.4 is 10.6 Å². The predicted octanol–water partition coefficient (Wildman–Crippen LogP) is 5.97. The van der Waals surface area contributed by atoms with Gasteiger partial charge in [-0.3, -0.25) is 0 Å². The van der Waals surface area contributed by atoms with Gasteiger partial charge in [-0.25, -0.2) is 0 Å². The summed E-state index contributed by atoms with van der Waals surface area (Å²) in [6.07, 6.45) is 6.47. The highest BCUT2D eigenvalue weighted by Crippen LogP contribution is 2.32. The molecule has 0 heterocycles. The van der Waals surface area contributed by atoms with E-state index in [-0.39, 0.29) is 6.04 Å². The summed E-state index contributed by atoms with van der Waals surface area (Å²) in [5.41, 5.74) is 4.93. The highest BCUT2D eigenvalue weighted by molar-refractivity contribution is 7.80. The first-order valence-electron chi connectivity index (χ1n) is 9.47. The summed E-state index contributed by atoms with van der Waals surface area (Å²) >= 11 is 4.75. The molecule has 0 spiro atoms. The summed E-state index contributed by atoms with van der Waals surface area (Å²) in [4.78, 5) is 1.05. The van der Waals surface area contributed by atoms with E-state index in [1.54, 1.807) is 0 Å². The maximum Gasteiger partial charge on any atom is 0.0608 e. The second kappa shape index (κ2) is 10.5. The number of anilines is 1. The minimum atomic E-state index is 0.155. The fourth-order valence-electron chi connectivity index (χ4n) is 3.24. The molecule has 1 atom stereocenters. The van der Waals surface area contributed by atoms with Crippen molar-refractivity contribution < 1.29 is 0 Å². The van der Waals surface area contributed by atoms with Gasteiger partial charge in [0.15, 0.2) is 0 Å². The van der Waals surface area contributed by atoms with Crippen LogP contribution in [0.15, 0.2) is 47.4 Å². The van der Waals surface area contributed by atoms with E-state index in [4.69, 9.17) is 12.6 Å². The van der Waals surface area contributed by atoms with Crippen molar-refractivity contribution in [1.29, 1.82) is 0 Å². The predicted molar refractivity (Wildman–Crippen MR) is 113 cm³/mol. The Morgan fingerprint density at radius 3 is 2.44 bits per heavy atom. The highest BCUT2D eigenvalue weighted by atomic mass is 32.1. The van der Waals surface area contributed by atoms with Crippen molar-refractivity contribution >= 4 is 18.3 Å². The van der Waals surface area contributed by atoms with Crippen LogP contribution >= 0.6 is 12.6 Å². The topological polar surface area (TPSA) is 24.1 Å². The van der Waals surface area contributed by atoms with E-state index >= 15 is 0 Å². The van der Waals surface area contributed by atoms with Gasteiger partial charge in [0.1, 0.15) is 0 Å². The molecular formula is C22H32N2S. The minimum absolute atomic E-state index is 0.155. The summed E-state index contributed by atoms with van der Waals surface area (Å²) in [5.74, 6) is 0. The molecule has 0 aliphatic rings. The molecule has 0 bridgehead atoms. The first kappa shape index (κ1) is 19.9. The monoisotopic (exact) mass is 356 g/mol. The lowest BCUT2D eigenvalue weighted by Gasteiger charge is -2.24. The van der Waals surface area contributed by atoms with Crippen molar-refractivity contribution in [1.82, 2.24) is 5.32 Å². The van der Waals surface area contributed by atoms with E-state index in [2.05, 4.69) is 66.9 Å². The Morgan fingerprint density at radius 2 is 1.72 bits per heavy atom. The third-order valence-electron chi connectivity index (χ3n) is 4.67. The molecule has 2 aromatic rings. The molecule has 25 heavy (non-hydrogen) atoms. The maximum absolute atomic E-state index is 4.75. The molecule has 0 aliphatic carbocycles. The lowest BCUT2D eigenvalue weighted by atomic mass is 9.96. The van der Waals surface area contributed by atoms with E-state index in [0.29, 0.717) is 0 Å². The fourth-order valence-corrected chi connectivity index (χ4v) is 3.64. The van der Waals surface area contributed by atoms with Gasteiger partial charge >= 0.3 is 0 Å². The molecule has 1 unspecified atom stereocenters. The molecule has 2 nitrogen and oxygen atoms in total. The first-order chi connectivity index (χ1) is 12.2. The largest absolute Gasteiger partial charge is 0.388 e. The van der Waals surface area contributed by atoms with Gasteiger partial charge in [0, 0.05) is 17.6 Å². The van der Waals surface area contributed by atoms with Crippen molar-refractivity contribution in [3.63, 3.8) is 0 Å². The highest BCUT2D eigenvalue weighted by Gasteiger charge is 2.18. The van der Waals surface area contributed by atoms with Crippen LogP contribution in [0.3, 0.4) is 0 Å². The van der Waals surface area contributed by atoms with Gasteiger partial charge in [0.25, 0.3) is 0 Å². The van der Waals surface area contributed by atoms with Crippen molar-refractivity contribution in [2.75, 3.05) is 18.9 Å². The Morgan fingerprint density at radius 1 is 0.960 bits per heavy atom. The van der Waals surface area contributed by atoms with E-state index in [0.717, 1.165) is 11.4 Å². The Labute approximate surface area is 158 Å². The zero-order chi connectivity index (χ0) is 18.1. The molecule has 0 fully saturated rings. The maximum atomic E-state index is 4.75. The smallest absolute Gasteiger partial charge is 0.0608 e. The molecule has 3 heteroatoms. The third-order valence-corrected chi connectivity index (χ3v) is 5.05. The Bertz CT molecular complexity index is 654.